The Balaban J connectivity index is 0.888. The number of nitrogens with one attached hydrogen (secondary N) is 2. The van der Waals surface area contributed by atoms with E-state index >= 15 is 0 Å². The first kappa shape index (κ1) is 39.7. The van der Waals surface area contributed by atoms with Crippen molar-refractivity contribution >= 4 is 40.8 Å². The first-order valence-corrected chi connectivity index (χ1v) is 21.7. The molecule has 2 aliphatic carbocycles. The molecule has 2 bridgehead atoms. The lowest BCUT2D eigenvalue weighted by atomic mass is 9.75. The fourth-order valence-electron chi connectivity index (χ4n) is 9.80. The topological polar surface area (TPSA) is 139 Å². The monoisotopic (exact) mass is 800 g/mol. The lowest BCUT2D eigenvalue weighted by Crippen LogP contribution is -2.41. The van der Waals surface area contributed by atoms with Crippen LogP contribution in [0, 0.1) is 29.6 Å². The van der Waals surface area contributed by atoms with E-state index < -0.39 is 18.0 Å². The molecule has 11 nitrogen and oxygen atoms in total. The highest BCUT2D eigenvalue weighted by Crippen LogP contribution is 2.54. The van der Waals surface area contributed by atoms with E-state index in [1.807, 2.05) is 42.6 Å². The van der Waals surface area contributed by atoms with Crippen molar-refractivity contribution in [2.45, 2.75) is 75.6 Å². The Morgan fingerprint density at radius 3 is 2.40 bits per heavy atom. The molecule has 0 radical (unpaired) electrons. The molecule has 2 saturated carbocycles. The van der Waals surface area contributed by atoms with E-state index in [1.54, 1.807) is 25.1 Å². The second-order valence-electron chi connectivity index (χ2n) is 16.1. The van der Waals surface area contributed by atoms with Crippen LogP contribution < -0.4 is 5.32 Å². The van der Waals surface area contributed by atoms with Gasteiger partial charge in [0.25, 0.3) is 0 Å². The van der Waals surface area contributed by atoms with Crippen molar-refractivity contribution in [3.8, 4) is 22.4 Å². The SMILES string of the molecule is COC(=O)C[C@H](C(=O)N1CCC[C@H]1c1ncc(-c2ccc(-c3ccc(C4=CN=C(C5C6CCC(C6)[C@@H]5C(=O)NCc5cccnc5SC)C4)cc3)cc2)[nH]1)[C@@H](C)OC. The van der Waals surface area contributed by atoms with Crippen LogP contribution in [0.2, 0.25) is 0 Å². The van der Waals surface area contributed by atoms with Gasteiger partial charge in [0.2, 0.25) is 11.8 Å². The number of H-pyrrole nitrogens is 1. The van der Waals surface area contributed by atoms with Gasteiger partial charge in [0.15, 0.2) is 0 Å². The first-order chi connectivity index (χ1) is 28.3. The Bertz CT molecular complexity index is 2200. The number of esters is 1. The molecule has 58 heavy (non-hydrogen) atoms. The lowest BCUT2D eigenvalue weighted by Gasteiger charge is -2.30. The number of aromatic nitrogens is 3. The van der Waals surface area contributed by atoms with E-state index in [2.05, 4.69) is 63.8 Å². The number of carbonyl (C=O) groups is 3. The van der Waals surface area contributed by atoms with Crippen LogP contribution in [-0.2, 0) is 30.4 Å². The van der Waals surface area contributed by atoms with Crippen LogP contribution in [0.5, 0.6) is 0 Å². The molecule has 4 aliphatic rings. The summed E-state index contributed by atoms with van der Waals surface area (Å²) in [5.74, 6) is 0.820. The molecular formula is C46H52N6O5S. The Morgan fingerprint density at radius 2 is 1.67 bits per heavy atom. The Kier molecular flexibility index (Phi) is 11.9. The van der Waals surface area contributed by atoms with Crippen molar-refractivity contribution in [2.24, 2.45) is 34.6 Å². The Morgan fingerprint density at radius 1 is 0.948 bits per heavy atom. The van der Waals surface area contributed by atoms with Crippen molar-refractivity contribution in [3.05, 3.63) is 96.2 Å². The van der Waals surface area contributed by atoms with Crippen molar-refractivity contribution < 1.29 is 23.9 Å². The second kappa shape index (κ2) is 17.4. The second-order valence-corrected chi connectivity index (χ2v) is 16.9. The number of thioether (sulfide) groups is 1. The number of fused-ring (bicyclic) bond motifs is 2. The number of aliphatic imine (C=N–C) groups is 1. The van der Waals surface area contributed by atoms with Crippen molar-refractivity contribution in [2.75, 3.05) is 27.0 Å². The number of rotatable bonds is 14. The summed E-state index contributed by atoms with van der Waals surface area (Å²) in [6.45, 7) is 2.90. The molecule has 1 saturated heterocycles. The van der Waals surface area contributed by atoms with Crippen molar-refractivity contribution in [3.63, 3.8) is 0 Å². The largest absolute Gasteiger partial charge is 0.469 e. The summed E-state index contributed by atoms with van der Waals surface area (Å²) in [5.41, 5.74) is 8.68. The fraction of sp³-hybridized carbons (Fsp3) is 0.435. The molecule has 302 valence electrons. The molecule has 3 unspecified atom stereocenters. The third-order valence-corrected chi connectivity index (χ3v) is 13.7. The van der Waals surface area contributed by atoms with Gasteiger partial charge < -0.3 is 24.7 Å². The molecule has 2 aromatic heterocycles. The van der Waals surface area contributed by atoms with Gasteiger partial charge in [0, 0.05) is 62.1 Å². The molecule has 7 atom stereocenters. The Hall–Kier alpha value is -5.07. The van der Waals surface area contributed by atoms with Gasteiger partial charge in [0.1, 0.15) is 10.9 Å². The predicted octanol–water partition coefficient (Wildman–Crippen LogP) is 7.90. The first-order valence-electron chi connectivity index (χ1n) is 20.4. The summed E-state index contributed by atoms with van der Waals surface area (Å²) in [6.07, 6.45) is 13.0. The maximum Gasteiger partial charge on any atom is 0.306 e. The van der Waals surface area contributed by atoms with Gasteiger partial charge in [-0.05, 0) is 91.0 Å². The number of hydrogen-bond acceptors (Lipinski definition) is 9. The molecule has 8 rings (SSSR count). The minimum absolute atomic E-state index is 0.0259. The third kappa shape index (κ3) is 8.01. The van der Waals surface area contributed by atoms with Gasteiger partial charge in [0.05, 0.1) is 43.5 Å². The number of aromatic amines is 1. The molecule has 4 heterocycles. The molecule has 0 spiro atoms. The quantitative estimate of drug-likeness (QED) is 0.0970. The average Bonchev–Trinajstić information content (AvgIpc) is 4.13. The number of hydrogen-bond donors (Lipinski definition) is 2. The number of carbonyl (C=O) groups excluding carboxylic acids is 3. The molecule has 3 fully saturated rings. The smallest absolute Gasteiger partial charge is 0.306 e. The molecule has 2 amide bonds. The molecule has 2 aliphatic heterocycles. The number of imidazole rings is 1. The highest BCUT2D eigenvalue weighted by Gasteiger charge is 2.52. The van der Waals surface area contributed by atoms with Crippen molar-refractivity contribution in [1.82, 2.24) is 25.2 Å². The molecular weight excluding hydrogens is 749 g/mol. The van der Waals surface area contributed by atoms with Crippen LogP contribution in [0.3, 0.4) is 0 Å². The Labute approximate surface area is 344 Å². The highest BCUT2D eigenvalue weighted by molar-refractivity contribution is 7.98. The molecule has 4 aromatic rings. The zero-order valence-electron chi connectivity index (χ0n) is 33.6. The number of ether oxygens (including phenoxy) is 2. The van der Waals surface area contributed by atoms with E-state index in [4.69, 9.17) is 19.5 Å². The van der Waals surface area contributed by atoms with Crippen LogP contribution in [0.15, 0.2) is 89.3 Å². The number of likely N-dealkylation sites (tertiary alicyclic amines) is 1. The van der Waals surface area contributed by atoms with E-state index in [0.717, 1.165) is 82.2 Å². The molecule has 2 N–H and O–H groups in total. The minimum atomic E-state index is -0.632. The van der Waals surface area contributed by atoms with Crippen LogP contribution in [-0.4, -0.2) is 76.5 Å². The third-order valence-electron chi connectivity index (χ3n) is 13.0. The summed E-state index contributed by atoms with van der Waals surface area (Å²) in [7, 11) is 2.88. The number of nitrogens with zero attached hydrogens (tertiary/aromatic N) is 4. The number of benzene rings is 2. The van der Waals surface area contributed by atoms with Gasteiger partial charge in [-0.25, -0.2) is 9.97 Å². The summed E-state index contributed by atoms with van der Waals surface area (Å²) in [6, 6.07) is 20.9. The standard InChI is InChI=1S/C46H52N6O5S/c1-27(56-2)36(23-40(53)57-3)46(55)52-20-6-8-39(52)43-49-26-38(51-43)31-15-13-29(14-16-31)28-9-11-30(12-10-28)35-22-37(48-25-35)41-32-17-18-33(21-32)42(41)44(54)50-24-34-7-5-19-47-45(34)58-4/h5,7,9-16,19,25-27,32-33,36,39,41-42H,6,8,17-18,20-24H2,1-4H3,(H,49,51)(H,50,54)/t27-,32?,33?,36+,39+,41?,42+/m1/s1. The number of pyridine rings is 1. The maximum absolute atomic E-state index is 13.7. The highest BCUT2D eigenvalue weighted by atomic mass is 32.2. The zero-order chi connectivity index (χ0) is 40.3. The van der Waals surface area contributed by atoms with E-state index in [1.165, 1.54) is 19.1 Å². The predicted molar refractivity (Wildman–Crippen MR) is 225 cm³/mol. The van der Waals surface area contributed by atoms with Crippen LogP contribution in [0.25, 0.3) is 28.0 Å². The van der Waals surface area contributed by atoms with Gasteiger partial charge in [-0.15, -0.1) is 11.8 Å². The zero-order valence-corrected chi connectivity index (χ0v) is 34.5. The van der Waals surface area contributed by atoms with Crippen molar-refractivity contribution in [1.29, 1.82) is 0 Å². The minimum Gasteiger partial charge on any atom is -0.469 e. The molecule has 2 aromatic carbocycles. The number of allylic oxidation sites excluding steroid dienone is 1. The van der Waals surface area contributed by atoms with E-state index in [9.17, 15) is 14.4 Å². The average molecular weight is 801 g/mol. The normalized spacial score (nSPS) is 23.4. The summed E-state index contributed by atoms with van der Waals surface area (Å²) >= 11 is 1.61. The summed E-state index contributed by atoms with van der Waals surface area (Å²) in [4.78, 5) is 59.0. The number of amides is 2. The number of methoxy groups -OCH3 is 2. The van der Waals surface area contributed by atoms with E-state index in [0.29, 0.717) is 24.9 Å². The van der Waals surface area contributed by atoms with Gasteiger partial charge in [-0.1, -0.05) is 54.6 Å². The van der Waals surface area contributed by atoms with E-state index in [-0.39, 0.29) is 36.1 Å². The fourth-order valence-corrected chi connectivity index (χ4v) is 10.4. The van der Waals surface area contributed by atoms with Crippen LogP contribution >= 0.6 is 11.8 Å². The van der Waals surface area contributed by atoms with Crippen LogP contribution in [0.4, 0.5) is 0 Å². The molecule has 12 heteroatoms. The van der Waals surface area contributed by atoms with Gasteiger partial charge in [-0.3, -0.25) is 19.4 Å². The maximum atomic E-state index is 13.7. The van der Waals surface area contributed by atoms with Gasteiger partial charge in [-0.2, -0.15) is 0 Å². The summed E-state index contributed by atoms with van der Waals surface area (Å²) < 4.78 is 10.3. The van der Waals surface area contributed by atoms with Crippen LogP contribution in [0.1, 0.15) is 74.9 Å². The van der Waals surface area contributed by atoms with Gasteiger partial charge >= 0.3 is 5.97 Å². The lowest BCUT2D eigenvalue weighted by molar-refractivity contribution is -0.151. The summed E-state index contributed by atoms with van der Waals surface area (Å²) in [5, 5.41) is 4.22.